The third-order valence-electron chi connectivity index (χ3n) is 2.23. The third kappa shape index (κ3) is 2.04. The van der Waals surface area contributed by atoms with Crippen LogP contribution < -0.4 is 5.32 Å². The van der Waals surface area contributed by atoms with E-state index in [1.54, 1.807) is 10.9 Å². The van der Waals surface area contributed by atoms with E-state index in [4.69, 9.17) is 6.42 Å². The van der Waals surface area contributed by atoms with Crippen LogP contribution >= 0.6 is 0 Å². The first-order valence-electron chi connectivity index (χ1n) is 4.92. The normalized spacial score (nSPS) is 9.94. The number of aromatic nitrogens is 2. The van der Waals surface area contributed by atoms with Gasteiger partial charge in [-0.05, 0) is 6.07 Å². The number of hydrogen-bond acceptors (Lipinski definition) is 2. The molecule has 0 saturated carbocycles. The number of terminal acetylenes is 1. The molecule has 0 saturated heterocycles. The summed E-state index contributed by atoms with van der Waals surface area (Å²) in [4.78, 5) is 11.4. The summed E-state index contributed by atoms with van der Waals surface area (Å²) in [5.41, 5.74) is 0.943. The maximum Gasteiger partial charge on any atom is 0.242 e. The standard InChI is InChI=1S/C12H11N3O/c1-2-7-13-12(16)9-15-11-6-4-3-5-10(11)8-14-15/h1,3-6,8H,7,9H2,(H,13,16). The topological polar surface area (TPSA) is 46.9 Å². The molecule has 0 aliphatic heterocycles. The Morgan fingerprint density at radius 3 is 3.12 bits per heavy atom. The van der Waals surface area contributed by atoms with E-state index in [1.807, 2.05) is 24.3 Å². The van der Waals surface area contributed by atoms with Crippen molar-refractivity contribution in [2.24, 2.45) is 0 Å². The Bertz CT molecular complexity index is 551. The Labute approximate surface area is 93.3 Å². The van der Waals surface area contributed by atoms with Gasteiger partial charge in [-0.2, -0.15) is 5.10 Å². The molecular formula is C12H11N3O. The molecule has 0 aliphatic rings. The molecule has 1 heterocycles. The zero-order valence-electron chi connectivity index (χ0n) is 8.68. The molecule has 4 heteroatoms. The molecule has 4 nitrogen and oxygen atoms in total. The summed E-state index contributed by atoms with van der Waals surface area (Å²) in [6, 6.07) is 7.74. The van der Waals surface area contributed by atoms with Gasteiger partial charge in [-0.1, -0.05) is 24.1 Å². The van der Waals surface area contributed by atoms with Crippen LogP contribution in [0.3, 0.4) is 0 Å². The highest BCUT2D eigenvalue weighted by Crippen LogP contribution is 2.11. The lowest BCUT2D eigenvalue weighted by molar-refractivity contribution is -0.121. The van der Waals surface area contributed by atoms with Crippen LogP contribution in [0.4, 0.5) is 0 Å². The SMILES string of the molecule is C#CCNC(=O)Cn1ncc2ccccc21. The van der Waals surface area contributed by atoms with Crippen LogP contribution in [-0.2, 0) is 11.3 Å². The number of fused-ring (bicyclic) bond motifs is 1. The van der Waals surface area contributed by atoms with Crippen LogP contribution in [0.1, 0.15) is 0 Å². The number of nitrogens with zero attached hydrogens (tertiary/aromatic N) is 2. The first kappa shape index (κ1) is 10.2. The molecule has 1 aromatic carbocycles. The zero-order valence-corrected chi connectivity index (χ0v) is 8.68. The van der Waals surface area contributed by atoms with Crippen molar-refractivity contribution < 1.29 is 4.79 Å². The summed E-state index contributed by atoms with van der Waals surface area (Å²) < 4.78 is 1.65. The van der Waals surface area contributed by atoms with E-state index in [-0.39, 0.29) is 19.0 Å². The quantitative estimate of drug-likeness (QED) is 0.766. The number of hydrogen-bond donors (Lipinski definition) is 1. The number of para-hydroxylation sites is 1. The maximum atomic E-state index is 11.4. The van der Waals surface area contributed by atoms with Crippen LogP contribution in [0.15, 0.2) is 30.5 Å². The molecule has 0 bridgehead atoms. The minimum Gasteiger partial charge on any atom is -0.344 e. The van der Waals surface area contributed by atoms with Gasteiger partial charge in [-0.3, -0.25) is 9.48 Å². The van der Waals surface area contributed by atoms with Crippen LogP contribution in [0.25, 0.3) is 10.9 Å². The summed E-state index contributed by atoms with van der Waals surface area (Å²) in [5.74, 6) is 2.22. The Hall–Kier alpha value is -2.28. The lowest BCUT2D eigenvalue weighted by Crippen LogP contribution is -2.28. The van der Waals surface area contributed by atoms with Crippen molar-refractivity contribution in [3.05, 3.63) is 30.5 Å². The van der Waals surface area contributed by atoms with Crippen molar-refractivity contribution in [1.29, 1.82) is 0 Å². The monoisotopic (exact) mass is 213 g/mol. The lowest BCUT2D eigenvalue weighted by atomic mass is 10.2. The summed E-state index contributed by atoms with van der Waals surface area (Å²) in [6.07, 6.45) is 6.79. The molecule has 2 aromatic rings. The second kappa shape index (κ2) is 4.49. The second-order valence-corrected chi connectivity index (χ2v) is 3.34. The summed E-state index contributed by atoms with van der Waals surface area (Å²) in [7, 11) is 0. The number of carbonyl (C=O) groups excluding carboxylic acids is 1. The maximum absolute atomic E-state index is 11.4. The molecular weight excluding hydrogens is 202 g/mol. The van der Waals surface area contributed by atoms with Gasteiger partial charge in [-0.15, -0.1) is 6.42 Å². The smallest absolute Gasteiger partial charge is 0.242 e. The van der Waals surface area contributed by atoms with Gasteiger partial charge in [0.05, 0.1) is 18.3 Å². The van der Waals surface area contributed by atoms with Crippen molar-refractivity contribution >= 4 is 16.8 Å². The minimum absolute atomic E-state index is 0.133. The van der Waals surface area contributed by atoms with Crippen molar-refractivity contribution in [2.45, 2.75) is 6.54 Å². The molecule has 0 spiro atoms. The average Bonchev–Trinajstić information content (AvgIpc) is 2.70. The highest BCUT2D eigenvalue weighted by Gasteiger charge is 2.05. The molecule has 2 rings (SSSR count). The van der Waals surface area contributed by atoms with Gasteiger partial charge in [0, 0.05) is 5.39 Å². The molecule has 0 atom stereocenters. The predicted octanol–water partition coefficient (Wildman–Crippen LogP) is 0.786. The molecule has 1 aromatic heterocycles. The highest BCUT2D eigenvalue weighted by molar-refractivity contribution is 5.81. The van der Waals surface area contributed by atoms with E-state index in [0.717, 1.165) is 10.9 Å². The van der Waals surface area contributed by atoms with Gasteiger partial charge in [0.15, 0.2) is 0 Å². The van der Waals surface area contributed by atoms with Gasteiger partial charge in [0.2, 0.25) is 5.91 Å². The number of benzene rings is 1. The Kier molecular flexibility index (Phi) is 2.88. The molecule has 0 radical (unpaired) electrons. The number of carbonyl (C=O) groups is 1. The fraction of sp³-hybridized carbons (Fsp3) is 0.167. The van der Waals surface area contributed by atoms with E-state index in [1.165, 1.54) is 0 Å². The lowest BCUT2D eigenvalue weighted by Gasteiger charge is -2.03. The van der Waals surface area contributed by atoms with Crippen LogP contribution in [-0.4, -0.2) is 22.2 Å². The largest absolute Gasteiger partial charge is 0.344 e. The molecule has 1 N–H and O–H groups in total. The van der Waals surface area contributed by atoms with Gasteiger partial charge in [0.1, 0.15) is 6.54 Å². The van der Waals surface area contributed by atoms with Crippen LogP contribution in [0, 0.1) is 12.3 Å². The van der Waals surface area contributed by atoms with E-state index < -0.39 is 0 Å². The van der Waals surface area contributed by atoms with Gasteiger partial charge < -0.3 is 5.32 Å². The van der Waals surface area contributed by atoms with E-state index in [0.29, 0.717) is 0 Å². The predicted molar refractivity (Wildman–Crippen MR) is 61.6 cm³/mol. The molecule has 1 amide bonds. The average molecular weight is 213 g/mol. The number of amides is 1. The van der Waals surface area contributed by atoms with E-state index in [2.05, 4.69) is 16.3 Å². The second-order valence-electron chi connectivity index (χ2n) is 3.34. The molecule has 0 aliphatic carbocycles. The van der Waals surface area contributed by atoms with Crippen molar-refractivity contribution in [3.8, 4) is 12.3 Å². The highest BCUT2D eigenvalue weighted by atomic mass is 16.2. The van der Waals surface area contributed by atoms with Crippen molar-refractivity contribution in [2.75, 3.05) is 6.54 Å². The van der Waals surface area contributed by atoms with Gasteiger partial charge in [-0.25, -0.2) is 0 Å². The van der Waals surface area contributed by atoms with Crippen molar-refractivity contribution in [3.63, 3.8) is 0 Å². The van der Waals surface area contributed by atoms with Crippen LogP contribution in [0.2, 0.25) is 0 Å². The molecule has 0 unspecified atom stereocenters. The number of rotatable bonds is 3. The molecule has 0 fully saturated rings. The van der Waals surface area contributed by atoms with Crippen LogP contribution in [0.5, 0.6) is 0 Å². The van der Waals surface area contributed by atoms with Gasteiger partial charge in [0.25, 0.3) is 0 Å². The Balaban J connectivity index is 2.16. The van der Waals surface area contributed by atoms with Crippen molar-refractivity contribution in [1.82, 2.24) is 15.1 Å². The summed E-state index contributed by atoms with van der Waals surface area (Å²) in [6.45, 7) is 0.438. The Morgan fingerprint density at radius 2 is 2.31 bits per heavy atom. The molecule has 80 valence electrons. The van der Waals surface area contributed by atoms with E-state index in [9.17, 15) is 4.79 Å². The fourth-order valence-corrected chi connectivity index (χ4v) is 1.49. The third-order valence-corrected chi connectivity index (χ3v) is 2.23. The van der Waals surface area contributed by atoms with E-state index >= 15 is 0 Å². The summed E-state index contributed by atoms with van der Waals surface area (Å²) in [5, 5.41) is 7.77. The number of nitrogens with one attached hydrogen (secondary N) is 1. The first-order chi connectivity index (χ1) is 7.81. The van der Waals surface area contributed by atoms with Gasteiger partial charge >= 0.3 is 0 Å². The minimum atomic E-state index is -0.133. The Morgan fingerprint density at radius 1 is 1.50 bits per heavy atom. The zero-order chi connectivity index (χ0) is 11.4. The fourth-order valence-electron chi connectivity index (χ4n) is 1.49. The molecule has 16 heavy (non-hydrogen) atoms. The first-order valence-corrected chi connectivity index (χ1v) is 4.92. The summed E-state index contributed by atoms with van der Waals surface area (Å²) >= 11 is 0.